The molecule has 3 heterocycles. The molecule has 0 saturated carbocycles. The number of fused-ring (bicyclic) bond motifs is 2. The minimum Gasteiger partial charge on any atom is -0.354 e. The summed E-state index contributed by atoms with van der Waals surface area (Å²) in [7, 11) is 0. The van der Waals surface area contributed by atoms with Crippen molar-refractivity contribution in [2.24, 2.45) is 0 Å². The van der Waals surface area contributed by atoms with E-state index in [9.17, 15) is 4.79 Å². The van der Waals surface area contributed by atoms with E-state index in [1.54, 1.807) is 0 Å². The number of pyridine rings is 1. The van der Waals surface area contributed by atoms with Crippen LogP contribution in [0.3, 0.4) is 0 Å². The molecule has 3 aromatic rings. The predicted molar refractivity (Wildman–Crippen MR) is 92.7 cm³/mol. The Kier molecular flexibility index (Phi) is 4.01. The van der Waals surface area contributed by atoms with Gasteiger partial charge in [-0.05, 0) is 29.7 Å². The second kappa shape index (κ2) is 6.45. The molecular formula is C19H20N4O. The fourth-order valence-corrected chi connectivity index (χ4v) is 3.18. The van der Waals surface area contributed by atoms with Gasteiger partial charge < -0.3 is 15.0 Å². The Morgan fingerprint density at radius 1 is 1.21 bits per heavy atom. The number of aromatic nitrogens is 2. The van der Waals surface area contributed by atoms with E-state index in [2.05, 4.69) is 27.8 Å². The Morgan fingerprint density at radius 2 is 2.04 bits per heavy atom. The monoisotopic (exact) mass is 320 g/mol. The zero-order valence-corrected chi connectivity index (χ0v) is 13.4. The minimum atomic E-state index is -0.152. The van der Waals surface area contributed by atoms with Crippen molar-refractivity contribution in [2.45, 2.75) is 25.4 Å². The van der Waals surface area contributed by atoms with Crippen LogP contribution >= 0.6 is 0 Å². The van der Waals surface area contributed by atoms with Crippen LogP contribution in [0.2, 0.25) is 0 Å². The van der Waals surface area contributed by atoms with Gasteiger partial charge in [0.25, 0.3) is 0 Å². The van der Waals surface area contributed by atoms with Gasteiger partial charge in [0, 0.05) is 31.9 Å². The number of rotatable bonds is 4. The highest BCUT2D eigenvalue weighted by Crippen LogP contribution is 2.16. The predicted octanol–water partition coefficient (Wildman–Crippen LogP) is 1.71. The molecule has 0 bridgehead atoms. The maximum absolute atomic E-state index is 12.4. The van der Waals surface area contributed by atoms with Gasteiger partial charge in [0.2, 0.25) is 5.91 Å². The number of benzene rings is 1. The molecule has 1 aliphatic heterocycles. The van der Waals surface area contributed by atoms with Gasteiger partial charge in [0.1, 0.15) is 5.65 Å². The van der Waals surface area contributed by atoms with E-state index in [4.69, 9.17) is 0 Å². The van der Waals surface area contributed by atoms with Crippen LogP contribution in [0.25, 0.3) is 5.65 Å². The molecule has 0 spiro atoms. The lowest BCUT2D eigenvalue weighted by Gasteiger charge is -2.25. The van der Waals surface area contributed by atoms with E-state index in [0.717, 1.165) is 30.7 Å². The van der Waals surface area contributed by atoms with Crippen LogP contribution in [0.5, 0.6) is 0 Å². The van der Waals surface area contributed by atoms with Crippen molar-refractivity contribution in [3.8, 4) is 0 Å². The molecule has 2 N–H and O–H groups in total. The lowest BCUT2D eigenvalue weighted by molar-refractivity contribution is -0.123. The third-order valence-electron chi connectivity index (χ3n) is 4.49. The summed E-state index contributed by atoms with van der Waals surface area (Å²) in [5, 5.41) is 6.34. The van der Waals surface area contributed by atoms with E-state index >= 15 is 0 Å². The normalized spacial score (nSPS) is 16.8. The van der Waals surface area contributed by atoms with Crippen LogP contribution in [0.15, 0.2) is 54.9 Å². The standard InChI is InChI=1S/C19H20N4O/c24-19(17-11-14-5-1-2-6-15(14)12-21-17)20-9-8-16-13-23-10-4-3-7-18(23)22-16/h1-7,10,13,17,21H,8-9,11-12H2,(H,20,24). The van der Waals surface area contributed by atoms with Gasteiger partial charge in [0.15, 0.2) is 0 Å². The summed E-state index contributed by atoms with van der Waals surface area (Å²) in [6.45, 7) is 1.35. The first kappa shape index (κ1) is 14.9. The smallest absolute Gasteiger partial charge is 0.237 e. The molecule has 1 aromatic carbocycles. The molecule has 4 rings (SSSR count). The lowest BCUT2D eigenvalue weighted by Crippen LogP contribution is -2.48. The van der Waals surface area contributed by atoms with Gasteiger partial charge in [-0.3, -0.25) is 4.79 Å². The van der Waals surface area contributed by atoms with Crippen LogP contribution < -0.4 is 10.6 Å². The topological polar surface area (TPSA) is 58.4 Å². The van der Waals surface area contributed by atoms with Crippen LogP contribution in [-0.4, -0.2) is 27.9 Å². The fraction of sp³-hybridized carbons (Fsp3) is 0.263. The van der Waals surface area contributed by atoms with Crippen molar-refractivity contribution in [3.63, 3.8) is 0 Å². The highest BCUT2D eigenvalue weighted by atomic mass is 16.2. The average Bonchev–Trinajstić information content (AvgIpc) is 3.04. The van der Waals surface area contributed by atoms with E-state index in [-0.39, 0.29) is 11.9 Å². The van der Waals surface area contributed by atoms with E-state index < -0.39 is 0 Å². The summed E-state index contributed by atoms with van der Waals surface area (Å²) >= 11 is 0. The number of imidazole rings is 1. The molecule has 0 saturated heterocycles. The Labute approximate surface area is 140 Å². The quantitative estimate of drug-likeness (QED) is 0.769. The van der Waals surface area contributed by atoms with Gasteiger partial charge in [-0.2, -0.15) is 0 Å². The largest absolute Gasteiger partial charge is 0.354 e. The molecule has 5 nitrogen and oxygen atoms in total. The molecule has 1 unspecified atom stereocenters. The summed E-state index contributed by atoms with van der Waals surface area (Å²) in [6, 6.07) is 14.1. The second-order valence-electron chi connectivity index (χ2n) is 6.15. The minimum absolute atomic E-state index is 0.0632. The zero-order chi connectivity index (χ0) is 16.4. The molecule has 0 aliphatic carbocycles. The average molecular weight is 320 g/mol. The van der Waals surface area contributed by atoms with Crippen molar-refractivity contribution >= 4 is 11.6 Å². The van der Waals surface area contributed by atoms with Crippen LogP contribution in [0, 0.1) is 0 Å². The Balaban J connectivity index is 1.32. The number of carbonyl (C=O) groups is 1. The number of hydrogen-bond donors (Lipinski definition) is 2. The number of nitrogens with zero attached hydrogens (tertiary/aromatic N) is 2. The van der Waals surface area contributed by atoms with Crippen LogP contribution in [0.4, 0.5) is 0 Å². The highest BCUT2D eigenvalue weighted by molar-refractivity contribution is 5.82. The van der Waals surface area contributed by atoms with Crippen molar-refractivity contribution in [2.75, 3.05) is 6.54 Å². The van der Waals surface area contributed by atoms with Crippen molar-refractivity contribution in [3.05, 3.63) is 71.7 Å². The molecule has 1 amide bonds. The maximum Gasteiger partial charge on any atom is 0.237 e. The van der Waals surface area contributed by atoms with Gasteiger partial charge >= 0.3 is 0 Å². The molecule has 24 heavy (non-hydrogen) atoms. The molecule has 0 fully saturated rings. The molecule has 5 heteroatoms. The number of amides is 1. The molecular weight excluding hydrogens is 300 g/mol. The molecule has 1 aliphatic rings. The number of nitrogens with one attached hydrogen (secondary N) is 2. The number of hydrogen-bond acceptors (Lipinski definition) is 3. The van der Waals surface area contributed by atoms with Gasteiger partial charge in [-0.1, -0.05) is 30.3 Å². The van der Waals surface area contributed by atoms with Crippen LogP contribution in [-0.2, 0) is 24.2 Å². The third kappa shape index (κ3) is 3.03. The Morgan fingerprint density at radius 3 is 2.92 bits per heavy atom. The molecule has 0 radical (unpaired) electrons. The van der Waals surface area contributed by atoms with Crippen molar-refractivity contribution in [1.82, 2.24) is 20.0 Å². The van der Waals surface area contributed by atoms with E-state index in [1.165, 1.54) is 11.1 Å². The summed E-state index contributed by atoms with van der Waals surface area (Å²) in [5.74, 6) is 0.0632. The van der Waals surface area contributed by atoms with Gasteiger partial charge in [0.05, 0.1) is 11.7 Å². The second-order valence-corrected chi connectivity index (χ2v) is 6.15. The maximum atomic E-state index is 12.4. The van der Waals surface area contributed by atoms with E-state index in [1.807, 2.05) is 47.1 Å². The van der Waals surface area contributed by atoms with Crippen molar-refractivity contribution < 1.29 is 4.79 Å². The summed E-state index contributed by atoms with van der Waals surface area (Å²) in [4.78, 5) is 16.9. The van der Waals surface area contributed by atoms with Crippen LogP contribution in [0.1, 0.15) is 16.8 Å². The third-order valence-corrected chi connectivity index (χ3v) is 4.49. The Bertz CT molecular complexity index is 837. The van der Waals surface area contributed by atoms with Gasteiger partial charge in [-0.15, -0.1) is 0 Å². The first-order chi connectivity index (χ1) is 11.8. The Hall–Kier alpha value is -2.66. The zero-order valence-electron chi connectivity index (χ0n) is 13.4. The van der Waals surface area contributed by atoms with Crippen molar-refractivity contribution in [1.29, 1.82) is 0 Å². The molecule has 122 valence electrons. The van der Waals surface area contributed by atoms with E-state index in [0.29, 0.717) is 6.54 Å². The fourth-order valence-electron chi connectivity index (χ4n) is 3.18. The summed E-state index contributed by atoms with van der Waals surface area (Å²) in [5.41, 5.74) is 4.47. The first-order valence-electron chi connectivity index (χ1n) is 8.30. The molecule has 1 atom stereocenters. The first-order valence-corrected chi connectivity index (χ1v) is 8.30. The molecule has 2 aromatic heterocycles. The highest BCUT2D eigenvalue weighted by Gasteiger charge is 2.23. The summed E-state index contributed by atoms with van der Waals surface area (Å²) in [6.07, 6.45) is 5.47. The number of carbonyl (C=O) groups excluding carboxylic acids is 1. The van der Waals surface area contributed by atoms with Gasteiger partial charge in [-0.25, -0.2) is 4.98 Å². The SMILES string of the molecule is O=C(NCCc1cn2ccccc2n1)C1Cc2ccccc2CN1. The lowest BCUT2D eigenvalue weighted by atomic mass is 9.95. The summed E-state index contributed by atoms with van der Waals surface area (Å²) < 4.78 is 2.00.